The lowest BCUT2D eigenvalue weighted by molar-refractivity contribution is -0.123. The van der Waals surface area contributed by atoms with E-state index in [1.165, 1.54) is 30.5 Å². The van der Waals surface area contributed by atoms with Crippen LogP contribution in [0.5, 0.6) is 0 Å². The average molecular weight is 359 g/mol. The summed E-state index contributed by atoms with van der Waals surface area (Å²) in [6, 6.07) is 13.3. The van der Waals surface area contributed by atoms with Gasteiger partial charge < -0.3 is 15.2 Å². The molecule has 2 aromatic carbocycles. The maximum Gasteiger partial charge on any atom is 0.408 e. The number of hydrogen-bond donors (Lipinski definition) is 3. The van der Waals surface area contributed by atoms with E-state index >= 15 is 0 Å². The Morgan fingerprint density at radius 3 is 2.50 bits per heavy atom. The molecule has 0 saturated heterocycles. The van der Waals surface area contributed by atoms with E-state index in [4.69, 9.17) is 4.74 Å². The predicted octanol–water partition coefficient (Wildman–Crippen LogP) is 1.56. The molecule has 0 aliphatic carbocycles. The van der Waals surface area contributed by atoms with Crippen molar-refractivity contribution in [1.82, 2.24) is 10.7 Å². The number of hydrogen-bond acceptors (Lipinski definition) is 5. The molecule has 0 aromatic heterocycles. The van der Waals surface area contributed by atoms with Gasteiger partial charge in [0.25, 0.3) is 5.91 Å². The van der Waals surface area contributed by atoms with Crippen molar-refractivity contribution >= 4 is 18.2 Å². The van der Waals surface area contributed by atoms with Gasteiger partial charge in [0.1, 0.15) is 18.5 Å². The van der Waals surface area contributed by atoms with Gasteiger partial charge in [0.2, 0.25) is 0 Å². The number of rotatable bonds is 7. The quantitative estimate of drug-likeness (QED) is 0.516. The second kappa shape index (κ2) is 9.90. The molecule has 0 spiro atoms. The Bertz CT molecular complexity index is 751. The van der Waals surface area contributed by atoms with Crippen molar-refractivity contribution in [2.75, 3.05) is 6.61 Å². The minimum atomic E-state index is -1.22. The van der Waals surface area contributed by atoms with E-state index < -0.39 is 24.6 Å². The molecule has 0 saturated carbocycles. The van der Waals surface area contributed by atoms with Crippen LogP contribution >= 0.6 is 0 Å². The number of hydrazone groups is 1. The molecular formula is C18H18FN3O4. The molecule has 1 atom stereocenters. The van der Waals surface area contributed by atoms with Crippen LogP contribution in [-0.4, -0.2) is 36.0 Å². The molecular weight excluding hydrogens is 341 g/mol. The minimum Gasteiger partial charge on any atom is -0.445 e. The summed E-state index contributed by atoms with van der Waals surface area (Å²) < 4.78 is 17.8. The summed E-state index contributed by atoms with van der Waals surface area (Å²) in [7, 11) is 0. The van der Waals surface area contributed by atoms with Crippen molar-refractivity contribution in [3.63, 3.8) is 0 Å². The first-order valence-corrected chi connectivity index (χ1v) is 7.75. The van der Waals surface area contributed by atoms with Gasteiger partial charge in [0.05, 0.1) is 12.8 Å². The van der Waals surface area contributed by atoms with Crippen LogP contribution in [0.15, 0.2) is 59.7 Å². The number of aliphatic hydroxyl groups is 1. The Hall–Kier alpha value is -3.26. The monoisotopic (exact) mass is 359 g/mol. The number of ether oxygens (including phenoxy) is 1. The van der Waals surface area contributed by atoms with E-state index in [-0.39, 0.29) is 12.4 Å². The standard InChI is InChI=1S/C18H18FN3O4/c19-15-8-6-13(7-9-15)10-20-22-17(24)16(11-23)21-18(25)26-12-14-4-2-1-3-5-14/h1-10,16,23H,11-12H2,(H,21,25)(H,22,24). The molecule has 2 aromatic rings. The Kier molecular flexibility index (Phi) is 7.26. The second-order valence-corrected chi connectivity index (χ2v) is 5.23. The third kappa shape index (κ3) is 6.33. The van der Waals surface area contributed by atoms with Crippen molar-refractivity contribution in [3.8, 4) is 0 Å². The molecule has 7 nitrogen and oxygen atoms in total. The van der Waals surface area contributed by atoms with Crippen LogP contribution in [0.25, 0.3) is 0 Å². The molecule has 2 amide bonds. The highest BCUT2D eigenvalue weighted by Gasteiger charge is 2.20. The first-order valence-electron chi connectivity index (χ1n) is 7.75. The van der Waals surface area contributed by atoms with E-state index in [0.29, 0.717) is 5.56 Å². The Labute approximate surface area is 149 Å². The van der Waals surface area contributed by atoms with Gasteiger partial charge in [-0.05, 0) is 23.3 Å². The molecule has 1 unspecified atom stereocenters. The summed E-state index contributed by atoms with van der Waals surface area (Å²) in [5, 5.41) is 15.2. The molecule has 0 bridgehead atoms. The number of benzene rings is 2. The van der Waals surface area contributed by atoms with E-state index in [2.05, 4.69) is 15.8 Å². The number of amides is 2. The lowest BCUT2D eigenvalue weighted by atomic mass is 10.2. The fourth-order valence-electron chi connectivity index (χ4n) is 1.90. The zero-order chi connectivity index (χ0) is 18.8. The fraction of sp³-hybridized carbons (Fsp3) is 0.167. The molecule has 0 heterocycles. The summed E-state index contributed by atoms with van der Waals surface area (Å²) in [6.07, 6.45) is 0.463. The second-order valence-electron chi connectivity index (χ2n) is 5.23. The number of nitrogens with zero attached hydrogens (tertiary/aromatic N) is 1. The molecule has 0 aliphatic heterocycles. The normalized spacial score (nSPS) is 11.8. The third-order valence-electron chi connectivity index (χ3n) is 3.26. The molecule has 0 aliphatic rings. The maximum atomic E-state index is 12.8. The highest BCUT2D eigenvalue weighted by atomic mass is 19.1. The van der Waals surface area contributed by atoms with Gasteiger partial charge in [-0.3, -0.25) is 4.79 Å². The number of halogens is 1. The van der Waals surface area contributed by atoms with Gasteiger partial charge in [-0.2, -0.15) is 5.10 Å². The fourth-order valence-corrected chi connectivity index (χ4v) is 1.90. The highest BCUT2D eigenvalue weighted by molar-refractivity contribution is 5.87. The van der Waals surface area contributed by atoms with Crippen molar-refractivity contribution in [2.45, 2.75) is 12.6 Å². The van der Waals surface area contributed by atoms with Gasteiger partial charge in [0.15, 0.2) is 0 Å². The van der Waals surface area contributed by atoms with Gasteiger partial charge >= 0.3 is 6.09 Å². The SMILES string of the molecule is O=C(NC(CO)C(=O)NN=Cc1ccc(F)cc1)OCc1ccccc1. The summed E-state index contributed by atoms with van der Waals surface area (Å²) in [5.74, 6) is -1.10. The Balaban J connectivity index is 1.79. The largest absolute Gasteiger partial charge is 0.445 e. The number of carbonyl (C=O) groups is 2. The van der Waals surface area contributed by atoms with Gasteiger partial charge in [-0.25, -0.2) is 14.6 Å². The number of nitrogens with one attached hydrogen (secondary N) is 2. The third-order valence-corrected chi connectivity index (χ3v) is 3.26. The zero-order valence-corrected chi connectivity index (χ0v) is 13.8. The first-order chi connectivity index (χ1) is 12.6. The maximum absolute atomic E-state index is 12.8. The van der Waals surface area contributed by atoms with E-state index in [1.807, 2.05) is 6.07 Å². The number of alkyl carbamates (subject to hydrolysis) is 1. The average Bonchev–Trinajstić information content (AvgIpc) is 2.66. The Morgan fingerprint density at radius 1 is 1.15 bits per heavy atom. The van der Waals surface area contributed by atoms with Crippen LogP contribution < -0.4 is 10.7 Å². The Morgan fingerprint density at radius 2 is 1.85 bits per heavy atom. The van der Waals surface area contributed by atoms with Gasteiger partial charge in [0, 0.05) is 0 Å². The van der Waals surface area contributed by atoms with Gasteiger partial charge in [-0.15, -0.1) is 0 Å². The van der Waals surface area contributed by atoms with Crippen LogP contribution in [0.2, 0.25) is 0 Å². The van der Waals surface area contributed by atoms with E-state index in [1.54, 1.807) is 24.3 Å². The van der Waals surface area contributed by atoms with Crippen LogP contribution in [0.1, 0.15) is 11.1 Å². The summed E-state index contributed by atoms with van der Waals surface area (Å²) in [4.78, 5) is 23.6. The molecule has 136 valence electrons. The molecule has 26 heavy (non-hydrogen) atoms. The topological polar surface area (TPSA) is 100 Å². The molecule has 0 fully saturated rings. The van der Waals surface area contributed by atoms with Crippen molar-refractivity contribution < 1.29 is 23.8 Å². The minimum absolute atomic E-state index is 0.0369. The molecule has 2 rings (SSSR count). The van der Waals surface area contributed by atoms with Crippen LogP contribution in [-0.2, 0) is 16.1 Å². The molecule has 8 heteroatoms. The lowest BCUT2D eigenvalue weighted by Crippen LogP contribution is -2.47. The van der Waals surface area contributed by atoms with Gasteiger partial charge in [-0.1, -0.05) is 42.5 Å². The van der Waals surface area contributed by atoms with Crippen molar-refractivity contribution in [2.24, 2.45) is 5.10 Å². The summed E-state index contributed by atoms with van der Waals surface area (Å²) in [5.41, 5.74) is 3.54. The lowest BCUT2D eigenvalue weighted by Gasteiger charge is -2.14. The first kappa shape index (κ1) is 19.1. The zero-order valence-electron chi connectivity index (χ0n) is 13.8. The van der Waals surface area contributed by atoms with Crippen molar-refractivity contribution in [3.05, 3.63) is 71.5 Å². The molecule has 0 radical (unpaired) electrons. The molecule has 3 N–H and O–H groups in total. The summed E-state index contributed by atoms with van der Waals surface area (Å²) >= 11 is 0. The smallest absolute Gasteiger partial charge is 0.408 e. The number of aliphatic hydroxyl groups excluding tert-OH is 1. The number of carbonyl (C=O) groups excluding carboxylic acids is 2. The predicted molar refractivity (Wildman–Crippen MR) is 92.8 cm³/mol. The summed E-state index contributed by atoms with van der Waals surface area (Å²) in [6.45, 7) is -0.590. The van der Waals surface area contributed by atoms with Crippen LogP contribution in [0.3, 0.4) is 0 Å². The van der Waals surface area contributed by atoms with Crippen LogP contribution in [0, 0.1) is 5.82 Å². The van der Waals surface area contributed by atoms with E-state index in [9.17, 15) is 19.1 Å². The van der Waals surface area contributed by atoms with Crippen LogP contribution in [0.4, 0.5) is 9.18 Å². The van der Waals surface area contributed by atoms with Crippen molar-refractivity contribution in [1.29, 1.82) is 0 Å². The van der Waals surface area contributed by atoms with E-state index in [0.717, 1.165) is 5.56 Å². The highest BCUT2D eigenvalue weighted by Crippen LogP contribution is 2.01.